The van der Waals surface area contributed by atoms with Crippen molar-refractivity contribution >= 4 is 23.3 Å². The maximum Gasteiger partial charge on any atom is 0.323 e. The van der Waals surface area contributed by atoms with Crippen LogP contribution in [-0.4, -0.2) is 48.0 Å². The average Bonchev–Trinajstić information content (AvgIpc) is 3.22. The van der Waals surface area contributed by atoms with Crippen LogP contribution in [0.25, 0.3) is 0 Å². The molecule has 3 amide bonds. The normalized spacial score (nSPS) is 25.6. The van der Waals surface area contributed by atoms with E-state index in [-0.39, 0.29) is 49.1 Å². The van der Waals surface area contributed by atoms with Crippen molar-refractivity contribution in [3.05, 3.63) is 54.1 Å². The zero-order valence-corrected chi connectivity index (χ0v) is 19.7. The number of hydrogen-bond donors (Lipinski definition) is 4. The molecule has 2 heterocycles. The summed E-state index contributed by atoms with van der Waals surface area (Å²) in [6, 6.07) is 14.7. The number of anilines is 2. The van der Waals surface area contributed by atoms with Crippen molar-refractivity contribution in [1.29, 1.82) is 0 Å². The first-order valence-electron chi connectivity index (χ1n) is 12.6. The van der Waals surface area contributed by atoms with E-state index in [9.17, 15) is 14.7 Å². The van der Waals surface area contributed by atoms with E-state index >= 15 is 0 Å². The molecular formula is C27H33N3O5. The molecule has 2 fully saturated rings. The second-order valence-corrected chi connectivity index (χ2v) is 9.71. The van der Waals surface area contributed by atoms with Gasteiger partial charge in [0.25, 0.3) is 0 Å². The Morgan fingerprint density at radius 2 is 1.74 bits per heavy atom. The first-order valence-corrected chi connectivity index (χ1v) is 12.6. The lowest BCUT2D eigenvalue weighted by Crippen LogP contribution is -2.48. The maximum atomic E-state index is 12.7. The summed E-state index contributed by atoms with van der Waals surface area (Å²) < 4.78 is 12.2. The Hall–Kier alpha value is -3.10. The minimum absolute atomic E-state index is 0.00387. The molecule has 2 aromatic carbocycles. The first-order chi connectivity index (χ1) is 17.1. The predicted octanol–water partition coefficient (Wildman–Crippen LogP) is 4.16. The monoisotopic (exact) mass is 479 g/mol. The largest absolute Gasteiger partial charge is 0.487 e. The van der Waals surface area contributed by atoms with E-state index in [0.29, 0.717) is 17.8 Å². The summed E-state index contributed by atoms with van der Waals surface area (Å²) in [5.74, 6) is 0.704. The minimum Gasteiger partial charge on any atom is -0.487 e. The van der Waals surface area contributed by atoms with Crippen LogP contribution in [0, 0.1) is 0 Å². The number of nitrogens with one attached hydrogen (secondary N) is 3. The molecule has 0 unspecified atom stereocenters. The number of aliphatic hydroxyl groups is 1. The summed E-state index contributed by atoms with van der Waals surface area (Å²) in [5, 5.41) is 18.8. The van der Waals surface area contributed by atoms with Crippen molar-refractivity contribution in [2.24, 2.45) is 0 Å². The van der Waals surface area contributed by atoms with Gasteiger partial charge in [-0.3, -0.25) is 4.79 Å². The summed E-state index contributed by atoms with van der Waals surface area (Å²) in [7, 11) is 0. The Morgan fingerprint density at radius 1 is 0.971 bits per heavy atom. The van der Waals surface area contributed by atoms with Crippen LogP contribution in [0.5, 0.6) is 5.75 Å². The highest BCUT2D eigenvalue weighted by atomic mass is 16.6. The molecule has 2 aromatic rings. The third-order valence-electron chi connectivity index (χ3n) is 7.17. The predicted molar refractivity (Wildman–Crippen MR) is 133 cm³/mol. The van der Waals surface area contributed by atoms with Gasteiger partial charge in [0.05, 0.1) is 19.1 Å². The number of amides is 3. The Morgan fingerprint density at radius 3 is 2.51 bits per heavy atom. The van der Waals surface area contributed by atoms with Crippen molar-refractivity contribution in [1.82, 2.24) is 5.32 Å². The third-order valence-corrected chi connectivity index (χ3v) is 7.17. The van der Waals surface area contributed by atoms with Gasteiger partial charge in [0, 0.05) is 28.9 Å². The van der Waals surface area contributed by atoms with Gasteiger partial charge >= 0.3 is 6.03 Å². The quantitative estimate of drug-likeness (QED) is 0.497. The van der Waals surface area contributed by atoms with Crippen LogP contribution in [0.4, 0.5) is 16.2 Å². The second kappa shape index (κ2) is 10.7. The van der Waals surface area contributed by atoms with E-state index in [1.54, 1.807) is 6.07 Å². The van der Waals surface area contributed by atoms with E-state index in [4.69, 9.17) is 9.47 Å². The van der Waals surface area contributed by atoms with E-state index in [1.807, 2.05) is 42.5 Å². The smallest absolute Gasteiger partial charge is 0.323 e. The van der Waals surface area contributed by atoms with Crippen LogP contribution >= 0.6 is 0 Å². The summed E-state index contributed by atoms with van der Waals surface area (Å²) in [5.41, 5.74) is 2.33. The molecule has 0 spiro atoms. The van der Waals surface area contributed by atoms with Gasteiger partial charge in [-0.25, -0.2) is 4.79 Å². The zero-order valence-electron chi connectivity index (χ0n) is 19.7. The first kappa shape index (κ1) is 23.6. The number of para-hydroxylation sites is 1. The van der Waals surface area contributed by atoms with Gasteiger partial charge < -0.3 is 30.5 Å². The highest BCUT2D eigenvalue weighted by Crippen LogP contribution is 2.47. The lowest BCUT2D eigenvalue weighted by atomic mass is 9.84. The fourth-order valence-corrected chi connectivity index (χ4v) is 5.52. The number of fused-ring (bicyclic) bond motifs is 3. The number of ether oxygens (including phenoxy) is 2. The average molecular weight is 480 g/mol. The molecule has 1 saturated carbocycles. The van der Waals surface area contributed by atoms with Crippen LogP contribution in [0.2, 0.25) is 0 Å². The van der Waals surface area contributed by atoms with Crippen LogP contribution in [0.15, 0.2) is 48.5 Å². The molecule has 1 aliphatic carbocycles. The summed E-state index contributed by atoms with van der Waals surface area (Å²) in [4.78, 5) is 25.1. The van der Waals surface area contributed by atoms with Gasteiger partial charge in [-0.1, -0.05) is 37.5 Å². The standard InChI is InChI=1S/C27H33N3O5/c31-16-24-26-22(14-20(34-24)15-25(32)28-17-7-3-1-4-8-17)21-13-19(11-12-23(21)35-26)30-27(33)29-18-9-5-2-6-10-18/h2,5-6,9-13,17,20,22,24,26,31H,1,3-4,7-8,14-16H2,(H,28,32)(H2,29,30,33)/t20-,22+,24+,26-/m1/s1. The lowest BCUT2D eigenvalue weighted by Gasteiger charge is -2.37. The minimum atomic E-state index is -0.508. The fourth-order valence-electron chi connectivity index (χ4n) is 5.52. The van der Waals surface area contributed by atoms with Crippen LogP contribution in [0.3, 0.4) is 0 Å². The molecule has 0 bridgehead atoms. The third kappa shape index (κ3) is 5.60. The molecule has 186 valence electrons. The molecule has 3 aliphatic rings. The Kier molecular flexibility index (Phi) is 7.20. The van der Waals surface area contributed by atoms with E-state index in [2.05, 4.69) is 16.0 Å². The molecule has 4 N–H and O–H groups in total. The van der Waals surface area contributed by atoms with E-state index < -0.39 is 6.10 Å². The number of carbonyl (C=O) groups is 2. The summed E-state index contributed by atoms with van der Waals surface area (Å²) >= 11 is 0. The van der Waals surface area contributed by atoms with E-state index in [1.165, 1.54) is 6.42 Å². The van der Waals surface area contributed by atoms with Crippen LogP contribution in [-0.2, 0) is 9.53 Å². The molecule has 8 heteroatoms. The molecule has 1 saturated heterocycles. The maximum absolute atomic E-state index is 12.7. The van der Waals surface area contributed by atoms with Crippen LogP contribution in [0.1, 0.15) is 56.4 Å². The molecular weight excluding hydrogens is 446 g/mol. The fraction of sp³-hybridized carbons (Fsp3) is 0.481. The Labute approximate surface area is 205 Å². The lowest BCUT2D eigenvalue weighted by molar-refractivity contribution is -0.142. The second-order valence-electron chi connectivity index (χ2n) is 9.71. The van der Waals surface area contributed by atoms with Crippen molar-refractivity contribution in [2.75, 3.05) is 17.2 Å². The molecule has 2 aliphatic heterocycles. The molecule has 0 radical (unpaired) electrons. The van der Waals surface area contributed by atoms with Gasteiger partial charge in [0.15, 0.2) is 0 Å². The number of urea groups is 1. The van der Waals surface area contributed by atoms with Gasteiger partial charge in [-0.2, -0.15) is 0 Å². The topological polar surface area (TPSA) is 109 Å². The zero-order chi connectivity index (χ0) is 24.2. The number of hydrogen-bond acceptors (Lipinski definition) is 5. The number of rotatable bonds is 6. The molecule has 35 heavy (non-hydrogen) atoms. The number of aliphatic hydroxyl groups excluding tert-OH is 1. The molecule has 0 aromatic heterocycles. The summed E-state index contributed by atoms with van der Waals surface area (Å²) in [6.07, 6.45) is 5.39. The van der Waals surface area contributed by atoms with Gasteiger partial charge in [-0.15, -0.1) is 0 Å². The van der Waals surface area contributed by atoms with Gasteiger partial charge in [0.2, 0.25) is 5.91 Å². The van der Waals surface area contributed by atoms with Crippen molar-refractivity contribution in [2.45, 2.75) is 75.2 Å². The SMILES string of the molecule is O=C(C[C@H]1C[C@H]2c3cc(NC(=O)Nc4ccccc4)ccc3O[C@H]2[C@H](CO)O1)NC1CCCCC1. The van der Waals surface area contributed by atoms with E-state index in [0.717, 1.165) is 37.0 Å². The molecule has 5 rings (SSSR count). The highest BCUT2D eigenvalue weighted by molar-refractivity contribution is 5.99. The van der Waals surface area contributed by atoms with Crippen molar-refractivity contribution in [3.63, 3.8) is 0 Å². The molecule has 4 atom stereocenters. The Balaban J connectivity index is 1.24. The van der Waals surface area contributed by atoms with Gasteiger partial charge in [-0.05, 0) is 49.6 Å². The van der Waals surface area contributed by atoms with Crippen LogP contribution < -0.4 is 20.7 Å². The number of carbonyl (C=O) groups excluding carboxylic acids is 2. The number of benzene rings is 2. The highest BCUT2D eigenvalue weighted by Gasteiger charge is 2.46. The summed E-state index contributed by atoms with van der Waals surface area (Å²) in [6.45, 7) is -0.180. The Bertz CT molecular complexity index is 1040. The molecule has 8 nitrogen and oxygen atoms in total. The van der Waals surface area contributed by atoms with Crippen molar-refractivity contribution in [3.8, 4) is 5.75 Å². The van der Waals surface area contributed by atoms with Gasteiger partial charge in [0.1, 0.15) is 18.0 Å². The van der Waals surface area contributed by atoms with Crippen molar-refractivity contribution < 1.29 is 24.2 Å².